The minimum absolute atomic E-state index is 0.000399. The lowest BCUT2D eigenvalue weighted by Crippen LogP contribution is -2.75. The van der Waals surface area contributed by atoms with E-state index in [1.807, 2.05) is 51.1 Å². The Balaban J connectivity index is 1.34. The number of phenols is 2. The zero-order chi connectivity index (χ0) is 47.0. The van der Waals surface area contributed by atoms with Crippen LogP contribution in [0.2, 0.25) is 0 Å². The summed E-state index contributed by atoms with van der Waals surface area (Å²) < 4.78 is 35.8. The van der Waals surface area contributed by atoms with Crippen molar-refractivity contribution < 1.29 is 73.8 Å². The normalized spacial score (nSPS) is 28.3. The van der Waals surface area contributed by atoms with E-state index in [4.69, 9.17) is 34.2 Å². The van der Waals surface area contributed by atoms with Crippen molar-refractivity contribution in [2.45, 2.75) is 101 Å². The third-order valence-corrected chi connectivity index (χ3v) is 12.7. The van der Waals surface area contributed by atoms with Crippen molar-refractivity contribution in [3.05, 3.63) is 64.2 Å². The lowest BCUT2D eigenvalue weighted by molar-refractivity contribution is -0.381. The summed E-state index contributed by atoms with van der Waals surface area (Å²) in [5, 5.41) is 88.4. The SMILES string of the molecule is CN=C(N)NCOc1cc(C(=O)O)c2c3c1OC1OC4(CCc5c(OC)c(O)c(OCCc6ccccc6)c(O)c5C(=O)OC4O)C(O)C(O)(CC#CC(C3)C(CC(C)C)C(C)N2)C1O. The number of aromatic carboxylic acids is 1. The fraction of sp³-hybridized carbons (Fsp3) is 0.500. The first-order valence-corrected chi connectivity index (χ1v) is 21.4. The summed E-state index contributed by atoms with van der Waals surface area (Å²) in [5.41, 5.74) is 1.24. The Morgan fingerprint density at radius 2 is 1.83 bits per heavy atom. The van der Waals surface area contributed by atoms with Crippen LogP contribution in [0.1, 0.15) is 77.4 Å². The molecule has 0 aromatic heterocycles. The molecule has 19 nitrogen and oxygen atoms in total. The fourth-order valence-corrected chi connectivity index (χ4v) is 9.30. The topological polar surface area (TPSA) is 294 Å². The number of anilines is 1. The summed E-state index contributed by atoms with van der Waals surface area (Å²) in [4.78, 5) is 30.9. The van der Waals surface area contributed by atoms with Crippen molar-refractivity contribution in [2.75, 3.05) is 32.8 Å². The number of phenolic OH excluding ortho intramolecular Hbond substituents is 2. The van der Waals surface area contributed by atoms with E-state index in [1.165, 1.54) is 20.2 Å². The van der Waals surface area contributed by atoms with Gasteiger partial charge in [-0.05, 0) is 50.0 Å². The molecule has 65 heavy (non-hydrogen) atoms. The van der Waals surface area contributed by atoms with Crippen LogP contribution >= 0.6 is 0 Å². The molecule has 7 rings (SSSR count). The van der Waals surface area contributed by atoms with Gasteiger partial charge < -0.3 is 80.5 Å². The second kappa shape index (κ2) is 18.7. The molecule has 350 valence electrons. The molecule has 11 N–H and O–H groups in total. The Morgan fingerprint density at radius 1 is 1.09 bits per heavy atom. The van der Waals surface area contributed by atoms with Gasteiger partial charge in [0.15, 0.2) is 41.3 Å². The van der Waals surface area contributed by atoms with Gasteiger partial charge in [0.05, 0.1) is 25.0 Å². The lowest BCUT2D eigenvalue weighted by Gasteiger charge is -2.54. The zero-order valence-corrected chi connectivity index (χ0v) is 36.7. The number of carbonyl (C=O) groups is 2. The minimum Gasteiger partial charge on any atom is -0.504 e. The Labute approximate surface area is 375 Å². The number of ether oxygens (including phenoxy) is 6. The molecule has 0 aliphatic carbocycles. The summed E-state index contributed by atoms with van der Waals surface area (Å²) in [7, 11) is 2.66. The number of carboxylic acids is 1. The van der Waals surface area contributed by atoms with Crippen molar-refractivity contribution in [2.24, 2.45) is 28.5 Å². The molecule has 1 spiro atoms. The Hall–Kier alpha value is -6.17. The van der Waals surface area contributed by atoms with E-state index in [9.17, 15) is 45.3 Å². The van der Waals surface area contributed by atoms with Gasteiger partial charge >= 0.3 is 11.9 Å². The van der Waals surface area contributed by atoms with Crippen molar-refractivity contribution in [1.82, 2.24) is 5.32 Å². The number of methoxy groups -OCH3 is 1. The van der Waals surface area contributed by atoms with Gasteiger partial charge in [0.1, 0.15) is 23.4 Å². The van der Waals surface area contributed by atoms with Crippen LogP contribution in [-0.2, 0) is 28.7 Å². The number of fused-ring (bicyclic) bond motifs is 4. The van der Waals surface area contributed by atoms with Crippen LogP contribution in [0, 0.1) is 29.6 Å². The number of nitrogens with zero attached hydrogens (tertiary/aromatic N) is 1. The van der Waals surface area contributed by atoms with E-state index in [0.29, 0.717) is 12.8 Å². The molecule has 4 heterocycles. The van der Waals surface area contributed by atoms with Crippen molar-refractivity contribution in [3.8, 4) is 46.3 Å². The van der Waals surface area contributed by atoms with Gasteiger partial charge in [-0.2, -0.15) is 0 Å². The number of benzene rings is 3. The Kier molecular flexibility index (Phi) is 13.5. The molecule has 4 aliphatic rings. The number of aliphatic hydroxyl groups is 4. The summed E-state index contributed by atoms with van der Waals surface area (Å²) >= 11 is 0. The number of aromatic hydroxyl groups is 2. The van der Waals surface area contributed by atoms with E-state index in [2.05, 4.69) is 27.5 Å². The highest BCUT2D eigenvalue weighted by atomic mass is 16.7. The van der Waals surface area contributed by atoms with Crippen LogP contribution in [0.15, 0.2) is 41.4 Å². The number of hydrogen-bond acceptors (Lipinski definition) is 16. The molecular weight excluding hydrogens is 849 g/mol. The predicted molar refractivity (Wildman–Crippen MR) is 232 cm³/mol. The second-order valence-electron chi connectivity index (χ2n) is 17.2. The molecule has 0 radical (unpaired) electrons. The molecule has 9 unspecified atom stereocenters. The minimum atomic E-state index is -2.66. The number of hydrogen-bond donors (Lipinski definition) is 10. The maximum atomic E-state index is 14.1. The van der Waals surface area contributed by atoms with Gasteiger partial charge in [-0.25, -0.2) is 9.59 Å². The number of cyclic esters (lactones) is 1. The number of aliphatic imine (C=N–C) groups is 1. The van der Waals surface area contributed by atoms with E-state index in [-0.39, 0.29) is 89.6 Å². The van der Waals surface area contributed by atoms with Crippen LogP contribution < -0.4 is 35.3 Å². The largest absolute Gasteiger partial charge is 0.504 e. The van der Waals surface area contributed by atoms with Crippen molar-refractivity contribution >= 4 is 23.6 Å². The standard InChI is InChI=1S/C46H56N4O15/c1-22(2)18-27-23(3)50-32-28-19-25(27)12-9-15-45(59)38(53)41(63-35(28)30(20-29(32)39(54)55)62-21-49-44(47)48-4)65-46(42(45)57)16-13-26-31(40(56)64-43(46)58)33(51)37(34(52)36(26)60-5)61-17-14-24-10-7-6-8-11-24/h6-8,10-11,20,22-23,25,27,38,41-43,50-53,57-59H,13-19,21H2,1-5H3,(H,54,55)(H3,47,48,49). The lowest BCUT2D eigenvalue weighted by atomic mass is 9.71. The quantitative estimate of drug-likeness (QED) is 0.0434. The van der Waals surface area contributed by atoms with E-state index >= 15 is 0 Å². The van der Waals surface area contributed by atoms with Gasteiger partial charge in [0, 0.05) is 49.0 Å². The first-order chi connectivity index (χ1) is 30.9. The number of rotatable bonds is 11. The summed E-state index contributed by atoms with van der Waals surface area (Å²) in [6.07, 6.45) is -9.21. The summed E-state index contributed by atoms with van der Waals surface area (Å²) in [6.45, 7) is 5.65. The number of aliphatic hydroxyl groups excluding tert-OH is 3. The molecule has 19 heteroatoms. The first kappa shape index (κ1) is 46.8. The Morgan fingerprint density at radius 3 is 2.51 bits per heavy atom. The molecular formula is C46H56N4O15. The van der Waals surface area contributed by atoms with Gasteiger partial charge in [0.2, 0.25) is 24.1 Å². The highest BCUT2D eigenvalue weighted by Crippen LogP contribution is 2.53. The number of carbonyl (C=O) groups excluding carboxylic acids is 1. The molecule has 0 saturated carbocycles. The van der Waals surface area contributed by atoms with Gasteiger partial charge in [0.25, 0.3) is 0 Å². The number of guanidine groups is 1. The molecule has 4 bridgehead atoms. The van der Waals surface area contributed by atoms with Crippen LogP contribution in [0.5, 0.6) is 34.5 Å². The molecule has 3 aromatic rings. The van der Waals surface area contributed by atoms with Crippen LogP contribution in [0.3, 0.4) is 0 Å². The summed E-state index contributed by atoms with van der Waals surface area (Å²) in [6, 6.07) is 10.2. The van der Waals surface area contributed by atoms with Crippen molar-refractivity contribution in [3.63, 3.8) is 0 Å². The number of nitrogens with one attached hydrogen (secondary N) is 2. The highest BCUT2D eigenvalue weighted by molar-refractivity contribution is 5.98. The van der Waals surface area contributed by atoms with Crippen molar-refractivity contribution in [1.29, 1.82) is 0 Å². The van der Waals surface area contributed by atoms with E-state index in [0.717, 1.165) is 5.56 Å². The van der Waals surface area contributed by atoms with Gasteiger partial charge in [-0.1, -0.05) is 56.0 Å². The van der Waals surface area contributed by atoms with E-state index < -0.39 is 89.5 Å². The average molecular weight is 905 g/mol. The van der Waals surface area contributed by atoms with Crippen LogP contribution in [-0.4, -0.2) is 123 Å². The predicted octanol–water partition coefficient (Wildman–Crippen LogP) is 2.39. The first-order valence-electron chi connectivity index (χ1n) is 21.4. The third-order valence-electron chi connectivity index (χ3n) is 12.7. The monoisotopic (exact) mass is 904 g/mol. The van der Waals surface area contributed by atoms with Gasteiger partial charge in [-0.3, -0.25) is 4.99 Å². The maximum Gasteiger partial charge on any atom is 0.344 e. The van der Waals surface area contributed by atoms with Crippen LogP contribution in [0.4, 0.5) is 5.69 Å². The zero-order valence-electron chi connectivity index (χ0n) is 36.7. The molecule has 0 amide bonds. The fourth-order valence-electron chi connectivity index (χ4n) is 9.30. The molecule has 9 atom stereocenters. The number of nitrogens with two attached hydrogens (primary N) is 1. The highest BCUT2D eigenvalue weighted by Gasteiger charge is 2.66. The van der Waals surface area contributed by atoms with Crippen LogP contribution in [0.25, 0.3) is 0 Å². The second-order valence-corrected chi connectivity index (χ2v) is 17.2. The number of carboxylic acid groups (broad SMARTS) is 1. The average Bonchev–Trinajstić information content (AvgIpc) is 3.40. The van der Waals surface area contributed by atoms with E-state index in [1.54, 1.807) is 0 Å². The molecule has 4 aliphatic heterocycles. The maximum absolute atomic E-state index is 14.1. The van der Waals surface area contributed by atoms with Gasteiger partial charge in [-0.15, -0.1) is 0 Å². The molecule has 3 aromatic carbocycles. The molecule has 1 fully saturated rings. The molecule has 1 saturated heterocycles. The summed E-state index contributed by atoms with van der Waals surface area (Å²) in [5.74, 6) is 0.583. The number of esters is 1. The Bertz CT molecular complexity index is 2390. The third kappa shape index (κ3) is 8.71. The smallest absolute Gasteiger partial charge is 0.344 e.